The van der Waals surface area contributed by atoms with Crippen molar-refractivity contribution in [1.82, 2.24) is 4.90 Å². The van der Waals surface area contributed by atoms with Crippen molar-refractivity contribution in [3.8, 4) is 0 Å². The van der Waals surface area contributed by atoms with Crippen LogP contribution in [0.2, 0.25) is 5.02 Å². The molecule has 2 amide bonds. The molecule has 0 fully saturated rings. The lowest BCUT2D eigenvalue weighted by molar-refractivity contribution is -0.137. The van der Waals surface area contributed by atoms with Crippen LogP contribution in [-0.2, 0) is 14.3 Å². The fourth-order valence-corrected chi connectivity index (χ4v) is 3.48. The van der Waals surface area contributed by atoms with Gasteiger partial charge in [-0.05, 0) is 56.5 Å². The highest BCUT2D eigenvalue weighted by Crippen LogP contribution is 2.32. The van der Waals surface area contributed by atoms with E-state index in [-0.39, 0.29) is 11.8 Å². The summed E-state index contributed by atoms with van der Waals surface area (Å²) < 4.78 is 5.35. The molecule has 0 radical (unpaired) electrons. The largest absolute Gasteiger partial charge is 0.382 e. The number of hydrogen-bond donors (Lipinski definition) is 1. The van der Waals surface area contributed by atoms with Gasteiger partial charge in [-0.15, -0.1) is 0 Å². The molecule has 0 spiro atoms. The molecular weight excluding hydrogens is 388 g/mol. The van der Waals surface area contributed by atoms with Crippen LogP contribution in [0.1, 0.15) is 30.0 Å². The smallest absolute Gasteiger partial charge is 0.278 e. The predicted molar refractivity (Wildman–Crippen MR) is 116 cm³/mol. The van der Waals surface area contributed by atoms with Crippen LogP contribution in [0, 0.1) is 13.8 Å². The molecule has 0 aliphatic carbocycles. The number of carbonyl (C=O) groups excluding carboxylic acids is 2. The molecule has 1 aliphatic rings. The third-order valence-corrected chi connectivity index (χ3v) is 5.07. The molecule has 0 atom stereocenters. The fraction of sp³-hybridized carbons (Fsp3) is 0.304. The van der Waals surface area contributed by atoms with Crippen LogP contribution in [0.15, 0.2) is 48.2 Å². The number of carbonyl (C=O) groups is 2. The molecule has 0 aromatic heterocycles. The van der Waals surface area contributed by atoms with Gasteiger partial charge in [-0.2, -0.15) is 0 Å². The van der Waals surface area contributed by atoms with Gasteiger partial charge in [0.05, 0.1) is 5.57 Å². The number of hydrogen-bond acceptors (Lipinski definition) is 4. The summed E-state index contributed by atoms with van der Waals surface area (Å²) in [4.78, 5) is 27.6. The Balaban J connectivity index is 1.96. The van der Waals surface area contributed by atoms with E-state index in [4.69, 9.17) is 16.3 Å². The van der Waals surface area contributed by atoms with Gasteiger partial charge in [-0.3, -0.25) is 14.5 Å². The Morgan fingerprint density at radius 1 is 1.03 bits per heavy atom. The second kappa shape index (κ2) is 9.25. The molecular formula is C23H25ClN2O3. The molecule has 1 aliphatic heterocycles. The summed E-state index contributed by atoms with van der Waals surface area (Å²) in [5.41, 5.74) is 4.12. The standard InChI is InChI=1S/C23H25ClN2O3/c1-4-29-13-5-12-26-22(27)20(17-8-6-15(2)7-9-17)21(23(26)28)25-19-11-10-18(24)14-16(19)3/h6-11,14,25H,4-5,12-13H2,1-3H3. The van der Waals surface area contributed by atoms with Crippen molar-refractivity contribution in [3.63, 3.8) is 0 Å². The van der Waals surface area contributed by atoms with Gasteiger partial charge in [0.15, 0.2) is 0 Å². The molecule has 2 aromatic carbocycles. The number of benzene rings is 2. The van der Waals surface area contributed by atoms with Gasteiger partial charge in [0, 0.05) is 30.5 Å². The zero-order valence-corrected chi connectivity index (χ0v) is 17.7. The van der Waals surface area contributed by atoms with E-state index in [0.29, 0.717) is 42.5 Å². The van der Waals surface area contributed by atoms with E-state index in [1.165, 1.54) is 4.90 Å². The quantitative estimate of drug-likeness (QED) is 0.509. The van der Waals surface area contributed by atoms with Gasteiger partial charge in [-0.25, -0.2) is 0 Å². The summed E-state index contributed by atoms with van der Waals surface area (Å²) >= 11 is 6.05. The molecule has 0 saturated carbocycles. The Morgan fingerprint density at radius 2 is 1.76 bits per heavy atom. The summed E-state index contributed by atoms with van der Waals surface area (Å²) in [5, 5.41) is 3.81. The van der Waals surface area contributed by atoms with Crippen molar-refractivity contribution in [2.75, 3.05) is 25.1 Å². The minimum atomic E-state index is -0.323. The zero-order valence-electron chi connectivity index (χ0n) is 16.9. The first-order valence-electron chi connectivity index (χ1n) is 9.70. The maximum absolute atomic E-state index is 13.1. The Kier molecular flexibility index (Phi) is 6.72. The number of ether oxygens (including phenoxy) is 1. The molecule has 3 rings (SSSR count). The van der Waals surface area contributed by atoms with Crippen molar-refractivity contribution < 1.29 is 14.3 Å². The summed E-state index contributed by atoms with van der Waals surface area (Å²) in [5.74, 6) is -0.610. The van der Waals surface area contributed by atoms with Crippen LogP contribution in [-0.4, -0.2) is 36.5 Å². The SMILES string of the molecule is CCOCCCN1C(=O)C(Nc2ccc(Cl)cc2C)=C(c2ccc(C)cc2)C1=O. The van der Waals surface area contributed by atoms with Crippen LogP contribution < -0.4 is 5.32 Å². The molecule has 6 heteroatoms. The highest BCUT2D eigenvalue weighted by Gasteiger charge is 2.38. The molecule has 29 heavy (non-hydrogen) atoms. The Labute approximate surface area is 176 Å². The van der Waals surface area contributed by atoms with Crippen molar-refractivity contribution in [3.05, 3.63) is 69.9 Å². The number of nitrogens with one attached hydrogen (secondary N) is 1. The predicted octanol–water partition coefficient (Wildman–Crippen LogP) is 4.58. The van der Waals surface area contributed by atoms with E-state index >= 15 is 0 Å². The molecule has 0 saturated heterocycles. The lowest BCUT2D eigenvalue weighted by atomic mass is 10.0. The highest BCUT2D eigenvalue weighted by molar-refractivity contribution is 6.36. The summed E-state index contributed by atoms with van der Waals surface area (Å²) in [6, 6.07) is 13.0. The lowest BCUT2D eigenvalue weighted by Gasteiger charge is -2.15. The van der Waals surface area contributed by atoms with Gasteiger partial charge in [-0.1, -0.05) is 41.4 Å². The number of anilines is 1. The Bertz CT molecular complexity index is 951. The van der Waals surface area contributed by atoms with E-state index in [2.05, 4.69) is 5.32 Å². The van der Waals surface area contributed by atoms with Crippen molar-refractivity contribution in [2.24, 2.45) is 0 Å². The molecule has 5 nitrogen and oxygen atoms in total. The lowest BCUT2D eigenvalue weighted by Crippen LogP contribution is -2.34. The number of imide groups is 1. The third kappa shape index (κ3) is 4.69. The maximum atomic E-state index is 13.1. The number of amides is 2. The van der Waals surface area contributed by atoms with Crippen molar-refractivity contribution >= 4 is 34.7 Å². The maximum Gasteiger partial charge on any atom is 0.278 e. The summed E-state index contributed by atoms with van der Waals surface area (Å²) in [6.45, 7) is 7.23. The molecule has 1 heterocycles. The second-order valence-electron chi connectivity index (χ2n) is 7.01. The molecule has 2 aromatic rings. The Hall–Kier alpha value is -2.63. The summed E-state index contributed by atoms with van der Waals surface area (Å²) in [6.07, 6.45) is 0.597. The summed E-state index contributed by atoms with van der Waals surface area (Å²) in [7, 11) is 0. The number of rotatable bonds is 8. The minimum absolute atomic E-state index is 0.288. The van der Waals surface area contributed by atoms with Crippen molar-refractivity contribution in [2.45, 2.75) is 27.2 Å². The van der Waals surface area contributed by atoms with Crippen LogP contribution in [0.25, 0.3) is 5.57 Å². The van der Waals surface area contributed by atoms with Gasteiger partial charge >= 0.3 is 0 Å². The van der Waals surface area contributed by atoms with Crippen LogP contribution in [0.4, 0.5) is 5.69 Å². The van der Waals surface area contributed by atoms with E-state index in [1.807, 2.05) is 57.2 Å². The fourth-order valence-electron chi connectivity index (χ4n) is 3.25. The van der Waals surface area contributed by atoms with Gasteiger partial charge < -0.3 is 10.1 Å². The van der Waals surface area contributed by atoms with Crippen LogP contribution >= 0.6 is 11.6 Å². The first kappa shape index (κ1) is 21.1. The Morgan fingerprint density at radius 3 is 2.41 bits per heavy atom. The molecule has 1 N–H and O–H groups in total. The van der Waals surface area contributed by atoms with E-state index in [1.54, 1.807) is 6.07 Å². The molecule has 152 valence electrons. The van der Waals surface area contributed by atoms with Crippen LogP contribution in [0.5, 0.6) is 0 Å². The van der Waals surface area contributed by atoms with E-state index in [9.17, 15) is 9.59 Å². The molecule has 0 bridgehead atoms. The van der Waals surface area contributed by atoms with E-state index in [0.717, 1.165) is 22.4 Å². The van der Waals surface area contributed by atoms with Gasteiger partial charge in [0.25, 0.3) is 11.8 Å². The van der Waals surface area contributed by atoms with E-state index < -0.39 is 0 Å². The monoisotopic (exact) mass is 412 g/mol. The highest BCUT2D eigenvalue weighted by atomic mass is 35.5. The van der Waals surface area contributed by atoms with Gasteiger partial charge in [0.2, 0.25) is 0 Å². The molecule has 0 unspecified atom stereocenters. The second-order valence-corrected chi connectivity index (χ2v) is 7.45. The minimum Gasteiger partial charge on any atom is -0.382 e. The van der Waals surface area contributed by atoms with Gasteiger partial charge in [0.1, 0.15) is 5.70 Å². The van der Waals surface area contributed by atoms with Crippen LogP contribution in [0.3, 0.4) is 0 Å². The number of aryl methyl sites for hydroxylation is 2. The first-order valence-corrected chi connectivity index (χ1v) is 10.1. The first-order chi connectivity index (χ1) is 13.9. The third-order valence-electron chi connectivity index (χ3n) is 4.83. The number of halogens is 1. The normalized spacial score (nSPS) is 14.1. The topological polar surface area (TPSA) is 58.6 Å². The average Bonchev–Trinajstić information content (AvgIpc) is 2.92. The number of nitrogens with zero attached hydrogens (tertiary/aromatic N) is 1. The average molecular weight is 413 g/mol. The zero-order chi connectivity index (χ0) is 21.0. The van der Waals surface area contributed by atoms with Crippen molar-refractivity contribution in [1.29, 1.82) is 0 Å².